The SMILES string of the molecule is Nc1ccc(F)cc1-c1nc(-c2ccc(Cl)cn2)no1. The predicted octanol–water partition coefficient (Wildman–Crippen LogP) is 3.17. The molecule has 0 saturated heterocycles. The van der Waals surface area contributed by atoms with Gasteiger partial charge in [-0.3, -0.25) is 4.98 Å². The van der Waals surface area contributed by atoms with Crippen LogP contribution in [0.2, 0.25) is 5.02 Å². The van der Waals surface area contributed by atoms with Crippen LogP contribution in [0.25, 0.3) is 23.0 Å². The second-order valence-electron chi connectivity index (χ2n) is 4.02. The summed E-state index contributed by atoms with van der Waals surface area (Å²) in [5.74, 6) is -0.0207. The Morgan fingerprint density at radius 1 is 1.20 bits per heavy atom. The van der Waals surface area contributed by atoms with Crippen LogP contribution in [0, 0.1) is 5.82 Å². The molecule has 20 heavy (non-hydrogen) atoms. The summed E-state index contributed by atoms with van der Waals surface area (Å²) in [6, 6.07) is 7.26. The van der Waals surface area contributed by atoms with Crippen molar-refractivity contribution in [3.05, 3.63) is 47.4 Å². The van der Waals surface area contributed by atoms with Crippen molar-refractivity contribution in [2.24, 2.45) is 0 Å². The Hall–Kier alpha value is -2.47. The molecule has 100 valence electrons. The van der Waals surface area contributed by atoms with Crippen LogP contribution < -0.4 is 5.73 Å². The molecule has 0 aliphatic rings. The molecular formula is C13H8ClFN4O. The molecule has 0 saturated carbocycles. The third-order valence-electron chi connectivity index (χ3n) is 2.63. The minimum Gasteiger partial charge on any atom is -0.398 e. The molecule has 3 aromatic rings. The Morgan fingerprint density at radius 3 is 2.80 bits per heavy atom. The fourth-order valence-electron chi connectivity index (χ4n) is 1.66. The van der Waals surface area contributed by atoms with E-state index in [1.54, 1.807) is 12.1 Å². The van der Waals surface area contributed by atoms with Crippen molar-refractivity contribution in [3.8, 4) is 23.0 Å². The molecule has 0 aliphatic heterocycles. The van der Waals surface area contributed by atoms with Gasteiger partial charge in [0.1, 0.15) is 11.5 Å². The van der Waals surface area contributed by atoms with Crippen LogP contribution in [-0.4, -0.2) is 15.1 Å². The quantitative estimate of drug-likeness (QED) is 0.733. The molecule has 5 nitrogen and oxygen atoms in total. The predicted molar refractivity (Wildman–Crippen MR) is 72.3 cm³/mol. The van der Waals surface area contributed by atoms with Crippen LogP contribution in [0.4, 0.5) is 10.1 Å². The summed E-state index contributed by atoms with van der Waals surface area (Å²) in [5, 5.41) is 4.30. The van der Waals surface area contributed by atoms with Crippen LogP contribution in [0.5, 0.6) is 0 Å². The molecule has 0 atom stereocenters. The highest BCUT2D eigenvalue weighted by Crippen LogP contribution is 2.27. The summed E-state index contributed by atoms with van der Waals surface area (Å²) in [4.78, 5) is 8.23. The lowest BCUT2D eigenvalue weighted by atomic mass is 10.2. The van der Waals surface area contributed by atoms with E-state index in [9.17, 15) is 4.39 Å². The molecule has 7 heteroatoms. The van der Waals surface area contributed by atoms with Gasteiger partial charge in [0.2, 0.25) is 5.82 Å². The molecule has 2 N–H and O–H groups in total. The Morgan fingerprint density at radius 2 is 2.05 bits per heavy atom. The Bertz CT molecular complexity index is 757. The van der Waals surface area contributed by atoms with Gasteiger partial charge in [0.25, 0.3) is 5.89 Å². The molecule has 0 fully saturated rings. The Balaban J connectivity index is 2.01. The minimum absolute atomic E-state index is 0.133. The molecule has 0 radical (unpaired) electrons. The van der Waals surface area contributed by atoms with E-state index in [-0.39, 0.29) is 11.7 Å². The van der Waals surface area contributed by atoms with Crippen LogP contribution in [0.3, 0.4) is 0 Å². The molecule has 0 bridgehead atoms. The van der Waals surface area contributed by atoms with Crippen molar-refractivity contribution >= 4 is 17.3 Å². The molecular weight excluding hydrogens is 283 g/mol. The first kappa shape index (κ1) is 12.6. The number of benzene rings is 1. The smallest absolute Gasteiger partial charge is 0.260 e. The fraction of sp³-hybridized carbons (Fsp3) is 0. The minimum atomic E-state index is -0.432. The lowest BCUT2D eigenvalue weighted by molar-refractivity contribution is 0.432. The van der Waals surface area contributed by atoms with Crippen LogP contribution in [-0.2, 0) is 0 Å². The van der Waals surface area contributed by atoms with Crippen LogP contribution in [0.15, 0.2) is 41.1 Å². The van der Waals surface area contributed by atoms with E-state index in [4.69, 9.17) is 21.9 Å². The zero-order valence-corrected chi connectivity index (χ0v) is 10.8. The van der Waals surface area contributed by atoms with Crippen molar-refractivity contribution in [2.75, 3.05) is 5.73 Å². The van der Waals surface area contributed by atoms with Crippen molar-refractivity contribution in [2.45, 2.75) is 0 Å². The average molecular weight is 291 g/mol. The van der Waals surface area contributed by atoms with E-state index < -0.39 is 5.82 Å². The van der Waals surface area contributed by atoms with Crippen molar-refractivity contribution < 1.29 is 8.91 Å². The monoisotopic (exact) mass is 290 g/mol. The van der Waals surface area contributed by atoms with Gasteiger partial charge >= 0.3 is 0 Å². The number of nitrogens with zero attached hydrogens (tertiary/aromatic N) is 3. The normalized spacial score (nSPS) is 10.7. The van der Waals surface area contributed by atoms with Crippen molar-refractivity contribution in [1.29, 1.82) is 0 Å². The largest absolute Gasteiger partial charge is 0.398 e. The molecule has 2 heterocycles. The summed E-state index contributed by atoms with van der Waals surface area (Å²) in [7, 11) is 0. The van der Waals surface area contributed by atoms with Gasteiger partial charge in [-0.05, 0) is 30.3 Å². The maximum absolute atomic E-state index is 13.2. The number of rotatable bonds is 2. The highest BCUT2D eigenvalue weighted by molar-refractivity contribution is 6.30. The molecule has 0 aliphatic carbocycles. The molecule has 0 unspecified atom stereocenters. The Kier molecular flexibility index (Phi) is 3.08. The summed E-state index contributed by atoms with van der Waals surface area (Å²) >= 11 is 5.75. The van der Waals surface area contributed by atoms with Gasteiger partial charge < -0.3 is 10.3 Å². The number of pyridine rings is 1. The summed E-state index contributed by atoms with van der Waals surface area (Å²) in [5.41, 5.74) is 6.96. The standard InChI is InChI=1S/C13H8ClFN4O/c14-7-1-4-11(17-6-7)12-18-13(20-19-12)9-5-8(15)2-3-10(9)16/h1-6H,16H2. The van der Waals surface area contributed by atoms with Crippen LogP contribution in [0.1, 0.15) is 0 Å². The first-order valence-electron chi connectivity index (χ1n) is 5.64. The molecule has 0 amide bonds. The zero-order valence-electron chi connectivity index (χ0n) is 10.0. The van der Waals surface area contributed by atoms with Gasteiger partial charge in [0.05, 0.1) is 10.6 Å². The van der Waals surface area contributed by atoms with E-state index in [0.717, 1.165) is 0 Å². The van der Waals surface area contributed by atoms with E-state index in [1.807, 2.05) is 0 Å². The van der Waals surface area contributed by atoms with E-state index >= 15 is 0 Å². The van der Waals surface area contributed by atoms with E-state index in [0.29, 0.717) is 22.0 Å². The molecule has 2 aromatic heterocycles. The van der Waals surface area contributed by atoms with Gasteiger partial charge in [-0.1, -0.05) is 16.8 Å². The number of anilines is 1. The maximum Gasteiger partial charge on any atom is 0.260 e. The molecule has 3 rings (SSSR count). The summed E-state index contributed by atoms with van der Waals surface area (Å²) in [6.07, 6.45) is 1.48. The fourth-order valence-corrected chi connectivity index (χ4v) is 1.77. The summed E-state index contributed by atoms with van der Waals surface area (Å²) in [6.45, 7) is 0. The Labute approximate surface area is 118 Å². The van der Waals surface area contributed by atoms with Crippen molar-refractivity contribution in [1.82, 2.24) is 15.1 Å². The third-order valence-corrected chi connectivity index (χ3v) is 2.85. The maximum atomic E-state index is 13.2. The first-order valence-corrected chi connectivity index (χ1v) is 6.02. The van der Waals surface area contributed by atoms with Gasteiger partial charge in [-0.2, -0.15) is 4.98 Å². The highest BCUT2D eigenvalue weighted by atomic mass is 35.5. The summed E-state index contributed by atoms with van der Waals surface area (Å²) < 4.78 is 18.3. The average Bonchev–Trinajstić information content (AvgIpc) is 2.92. The lowest BCUT2D eigenvalue weighted by Gasteiger charge is -1.99. The van der Waals surface area contributed by atoms with Gasteiger partial charge in [-0.25, -0.2) is 4.39 Å². The van der Waals surface area contributed by atoms with Gasteiger partial charge in [0.15, 0.2) is 0 Å². The molecule has 0 spiro atoms. The number of nitrogens with two attached hydrogens (primary N) is 1. The zero-order chi connectivity index (χ0) is 14.1. The number of aromatic nitrogens is 3. The number of hydrogen-bond donors (Lipinski definition) is 1. The first-order chi connectivity index (χ1) is 9.63. The number of hydrogen-bond acceptors (Lipinski definition) is 5. The number of nitrogen functional groups attached to an aromatic ring is 1. The molecule has 1 aromatic carbocycles. The lowest BCUT2D eigenvalue weighted by Crippen LogP contribution is -1.91. The van der Waals surface area contributed by atoms with Gasteiger partial charge in [0, 0.05) is 11.9 Å². The van der Waals surface area contributed by atoms with Gasteiger partial charge in [-0.15, -0.1) is 0 Å². The third kappa shape index (κ3) is 2.33. The van der Waals surface area contributed by atoms with E-state index in [2.05, 4.69) is 15.1 Å². The number of halogens is 2. The second kappa shape index (κ2) is 4.90. The highest BCUT2D eigenvalue weighted by Gasteiger charge is 2.14. The second-order valence-corrected chi connectivity index (χ2v) is 4.45. The van der Waals surface area contributed by atoms with E-state index in [1.165, 1.54) is 24.4 Å². The van der Waals surface area contributed by atoms with Crippen molar-refractivity contribution in [3.63, 3.8) is 0 Å². The van der Waals surface area contributed by atoms with Crippen LogP contribution >= 0.6 is 11.6 Å². The topological polar surface area (TPSA) is 77.8 Å².